The van der Waals surface area contributed by atoms with E-state index in [0.29, 0.717) is 5.56 Å². The minimum atomic E-state index is -3.23. The van der Waals surface area contributed by atoms with Gasteiger partial charge in [-0.25, -0.2) is 8.42 Å². The van der Waals surface area contributed by atoms with Crippen molar-refractivity contribution in [3.8, 4) is 0 Å². The number of aryl methyl sites for hydroxylation is 1. The first-order chi connectivity index (χ1) is 13.2. The molecule has 0 aliphatic heterocycles. The second-order valence-corrected chi connectivity index (χ2v) is 10.1. The van der Waals surface area contributed by atoms with Crippen LogP contribution in [-0.2, 0) is 14.6 Å². The molecule has 1 aromatic rings. The normalized spacial score (nSPS) is 17.2. The maximum atomic E-state index is 12.8. The molecular formula is C21H32N2O4S. The first-order valence-electron chi connectivity index (χ1n) is 10.1. The third-order valence-electron chi connectivity index (χ3n) is 5.13. The number of rotatable bonds is 7. The Balaban J connectivity index is 2.06. The highest BCUT2D eigenvalue weighted by molar-refractivity contribution is 7.90. The number of amides is 2. The van der Waals surface area contributed by atoms with Crippen molar-refractivity contribution in [1.29, 1.82) is 0 Å². The lowest BCUT2D eigenvalue weighted by molar-refractivity contribution is -0.123. The van der Waals surface area contributed by atoms with Gasteiger partial charge in [0.05, 0.1) is 5.75 Å². The van der Waals surface area contributed by atoms with Gasteiger partial charge in [0.2, 0.25) is 5.91 Å². The molecule has 1 saturated carbocycles. The lowest BCUT2D eigenvalue weighted by atomic mass is 9.96. The van der Waals surface area contributed by atoms with Crippen LogP contribution in [0.4, 0.5) is 0 Å². The molecule has 1 aliphatic rings. The van der Waals surface area contributed by atoms with Gasteiger partial charge in [0, 0.05) is 17.9 Å². The summed E-state index contributed by atoms with van der Waals surface area (Å²) in [6.45, 7) is 1.89. The van der Waals surface area contributed by atoms with E-state index in [0.717, 1.165) is 37.5 Å². The Morgan fingerprint density at radius 1 is 1.11 bits per heavy atom. The molecule has 1 unspecified atom stereocenters. The SMILES string of the molecule is Cc1cccc(C(=O)NC(CCS(C)(=O)=O)C(=O)NC2CCCCCCC2)c1. The van der Waals surface area contributed by atoms with Crippen LogP contribution in [0.25, 0.3) is 0 Å². The minimum absolute atomic E-state index is 0.0644. The zero-order chi connectivity index (χ0) is 20.6. The number of carbonyl (C=O) groups excluding carboxylic acids is 2. The molecule has 6 nitrogen and oxygen atoms in total. The molecule has 1 aliphatic carbocycles. The van der Waals surface area contributed by atoms with Gasteiger partial charge in [-0.2, -0.15) is 0 Å². The summed E-state index contributed by atoms with van der Waals surface area (Å²) in [7, 11) is -3.23. The summed E-state index contributed by atoms with van der Waals surface area (Å²) in [5.41, 5.74) is 1.41. The maximum absolute atomic E-state index is 12.8. The van der Waals surface area contributed by atoms with Gasteiger partial charge in [0.15, 0.2) is 0 Å². The maximum Gasteiger partial charge on any atom is 0.251 e. The number of carbonyl (C=O) groups is 2. The molecule has 0 aromatic heterocycles. The molecule has 0 radical (unpaired) electrons. The van der Waals surface area contributed by atoms with E-state index in [1.165, 1.54) is 19.3 Å². The Kier molecular flexibility index (Phi) is 8.48. The van der Waals surface area contributed by atoms with Crippen molar-refractivity contribution in [2.45, 2.75) is 70.4 Å². The molecule has 156 valence electrons. The highest BCUT2D eigenvalue weighted by atomic mass is 32.2. The van der Waals surface area contributed by atoms with Gasteiger partial charge in [-0.05, 0) is 38.3 Å². The number of hydrogen-bond donors (Lipinski definition) is 2. The van der Waals surface area contributed by atoms with Crippen molar-refractivity contribution in [3.63, 3.8) is 0 Å². The zero-order valence-corrected chi connectivity index (χ0v) is 17.7. The summed E-state index contributed by atoms with van der Waals surface area (Å²) in [5.74, 6) is -0.811. The van der Waals surface area contributed by atoms with Crippen LogP contribution in [0.5, 0.6) is 0 Å². The first-order valence-corrected chi connectivity index (χ1v) is 12.2. The van der Waals surface area contributed by atoms with E-state index in [-0.39, 0.29) is 30.0 Å². The monoisotopic (exact) mass is 408 g/mol. The Labute approximate surface area is 168 Å². The van der Waals surface area contributed by atoms with Crippen molar-refractivity contribution in [2.24, 2.45) is 0 Å². The van der Waals surface area contributed by atoms with Crippen LogP contribution < -0.4 is 10.6 Å². The quantitative estimate of drug-likeness (QED) is 0.726. The molecular weight excluding hydrogens is 376 g/mol. The topological polar surface area (TPSA) is 92.3 Å². The van der Waals surface area contributed by atoms with Crippen LogP contribution in [0.1, 0.15) is 67.3 Å². The molecule has 2 N–H and O–H groups in total. The predicted molar refractivity (Wildman–Crippen MR) is 111 cm³/mol. The van der Waals surface area contributed by atoms with E-state index >= 15 is 0 Å². The van der Waals surface area contributed by atoms with Gasteiger partial charge in [-0.1, -0.05) is 49.8 Å². The Morgan fingerprint density at radius 2 is 1.75 bits per heavy atom. The summed E-state index contributed by atoms with van der Waals surface area (Å²) in [5, 5.41) is 5.78. The Bertz CT molecular complexity index is 768. The summed E-state index contributed by atoms with van der Waals surface area (Å²) < 4.78 is 23.2. The smallest absolute Gasteiger partial charge is 0.251 e. The standard InChI is InChI=1S/C21H32N2O4S/c1-16-9-8-10-17(15-16)20(24)23-19(13-14-28(2,26)27)21(25)22-18-11-6-4-3-5-7-12-18/h8-10,15,18-19H,3-7,11-14H2,1-2H3,(H,22,25)(H,23,24). The number of sulfone groups is 1. The van der Waals surface area contributed by atoms with Crippen LogP contribution in [-0.4, -0.2) is 44.3 Å². The van der Waals surface area contributed by atoms with E-state index in [1.54, 1.807) is 18.2 Å². The summed E-state index contributed by atoms with van der Waals surface area (Å²) in [6, 6.07) is 6.32. The summed E-state index contributed by atoms with van der Waals surface area (Å²) >= 11 is 0. The van der Waals surface area contributed by atoms with Gasteiger partial charge in [0.1, 0.15) is 15.9 Å². The van der Waals surface area contributed by atoms with Crippen molar-refractivity contribution in [1.82, 2.24) is 10.6 Å². The molecule has 0 saturated heterocycles. The van der Waals surface area contributed by atoms with Crippen molar-refractivity contribution in [3.05, 3.63) is 35.4 Å². The minimum Gasteiger partial charge on any atom is -0.352 e. The first kappa shape index (κ1) is 22.4. The van der Waals surface area contributed by atoms with Gasteiger partial charge >= 0.3 is 0 Å². The summed E-state index contributed by atoms with van der Waals surface area (Å²) in [4.78, 5) is 25.4. The number of hydrogen-bond acceptors (Lipinski definition) is 4. The molecule has 0 bridgehead atoms. The molecule has 28 heavy (non-hydrogen) atoms. The van der Waals surface area contributed by atoms with Gasteiger partial charge in [-0.3, -0.25) is 9.59 Å². The average molecular weight is 409 g/mol. The van der Waals surface area contributed by atoms with E-state index in [2.05, 4.69) is 10.6 Å². The molecule has 0 heterocycles. The van der Waals surface area contributed by atoms with E-state index < -0.39 is 15.9 Å². The highest BCUT2D eigenvalue weighted by Crippen LogP contribution is 2.17. The molecule has 1 aromatic carbocycles. The third kappa shape index (κ3) is 8.00. The largest absolute Gasteiger partial charge is 0.352 e. The van der Waals surface area contributed by atoms with Crippen molar-refractivity contribution >= 4 is 21.7 Å². The molecule has 2 amide bonds. The Hall–Kier alpha value is -1.89. The Morgan fingerprint density at radius 3 is 2.36 bits per heavy atom. The molecule has 1 fully saturated rings. The molecule has 0 spiro atoms. The van der Waals surface area contributed by atoms with Gasteiger partial charge in [0.25, 0.3) is 5.91 Å². The van der Waals surface area contributed by atoms with Crippen molar-refractivity contribution < 1.29 is 18.0 Å². The van der Waals surface area contributed by atoms with Gasteiger partial charge < -0.3 is 10.6 Å². The van der Waals surface area contributed by atoms with Crippen LogP contribution in [0.2, 0.25) is 0 Å². The van der Waals surface area contributed by atoms with Crippen LogP contribution in [0, 0.1) is 6.92 Å². The van der Waals surface area contributed by atoms with Gasteiger partial charge in [-0.15, -0.1) is 0 Å². The fraction of sp³-hybridized carbons (Fsp3) is 0.619. The fourth-order valence-corrected chi connectivity index (χ4v) is 4.19. The summed E-state index contributed by atoms with van der Waals surface area (Å²) in [6.07, 6.45) is 8.80. The van der Waals surface area contributed by atoms with E-state index in [1.807, 2.05) is 13.0 Å². The zero-order valence-electron chi connectivity index (χ0n) is 16.9. The lowest BCUT2D eigenvalue weighted by Gasteiger charge is -2.25. The van der Waals surface area contributed by atoms with Crippen LogP contribution in [0.15, 0.2) is 24.3 Å². The molecule has 1 atom stereocenters. The fourth-order valence-electron chi connectivity index (χ4n) is 3.53. The third-order valence-corrected chi connectivity index (χ3v) is 6.11. The van der Waals surface area contributed by atoms with Crippen molar-refractivity contribution in [2.75, 3.05) is 12.0 Å². The number of nitrogens with one attached hydrogen (secondary N) is 2. The predicted octanol–water partition coefficient (Wildman–Crippen LogP) is 2.76. The second kappa shape index (κ2) is 10.6. The average Bonchev–Trinajstić information content (AvgIpc) is 2.59. The second-order valence-electron chi connectivity index (χ2n) is 7.86. The van der Waals surface area contributed by atoms with Crippen LogP contribution in [0.3, 0.4) is 0 Å². The van der Waals surface area contributed by atoms with E-state index in [9.17, 15) is 18.0 Å². The molecule has 7 heteroatoms. The van der Waals surface area contributed by atoms with Crippen LogP contribution >= 0.6 is 0 Å². The number of benzene rings is 1. The molecule has 2 rings (SSSR count). The van der Waals surface area contributed by atoms with E-state index in [4.69, 9.17) is 0 Å². The lowest BCUT2D eigenvalue weighted by Crippen LogP contribution is -2.50. The highest BCUT2D eigenvalue weighted by Gasteiger charge is 2.25.